The lowest BCUT2D eigenvalue weighted by Crippen LogP contribution is -2.28. The van der Waals surface area contributed by atoms with Crippen LogP contribution in [-0.2, 0) is 11.2 Å². The average Bonchev–Trinajstić information content (AvgIpc) is 3.14. The summed E-state index contributed by atoms with van der Waals surface area (Å²) >= 11 is 5.90. The highest BCUT2D eigenvalue weighted by Crippen LogP contribution is 2.27. The number of carbonyl (C=O) groups is 1. The maximum Gasteiger partial charge on any atom is 0.220 e. The van der Waals surface area contributed by atoms with Crippen LogP contribution >= 0.6 is 11.6 Å². The highest BCUT2D eigenvalue weighted by molar-refractivity contribution is 6.30. The Labute approximate surface area is 166 Å². The third-order valence-electron chi connectivity index (χ3n) is 4.34. The minimum atomic E-state index is -0.728. The summed E-state index contributed by atoms with van der Waals surface area (Å²) < 4.78 is 33.1. The quantitative estimate of drug-likeness (QED) is 0.567. The van der Waals surface area contributed by atoms with Gasteiger partial charge in [0.25, 0.3) is 0 Å². The molecule has 0 saturated carbocycles. The molecule has 0 fully saturated rings. The highest BCUT2D eigenvalue weighted by atomic mass is 35.5. The van der Waals surface area contributed by atoms with Crippen molar-refractivity contribution in [3.05, 3.63) is 76.8 Å². The van der Waals surface area contributed by atoms with Crippen LogP contribution in [0.5, 0.6) is 0 Å². The van der Waals surface area contributed by atoms with Gasteiger partial charge in [0.05, 0.1) is 17.8 Å². The molecular formula is C21H19ClF2N2O2. The van der Waals surface area contributed by atoms with E-state index in [0.29, 0.717) is 5.02 Å². The molecule has 146 valence electrons. The summed E-state index contributed by atoms with van der Waals surface area (Å²) in [5, 5.41) is 3.59. The summed E-state index contributed by atoms with van der Waals surface area (Å²) in [5.74, 6) is -1.38. The van der Waals surface area contributed by atoms with E-state index in [0.717, 1.165) is 24.1 Å². The van der Waals surface area contributed by atoms with Crippen LogP contribution in [0.3, 0.4) is 0 Å². The molecule has 3 aromatic rings. The molecule has 0 bridgehead atoms. The van der Waals surface area contributed by atoms with Crippen LogP contribution in [0.25, 0.3) is 11.3 Å². The Morgan fingerprint density at radius 3 is 2.50 bits per heavy atom. The summed E-state index contributed by atoms with van der Waals surface area (Å²) in [5.41, 5.74) is 0.702. The van der Waals surface area contributed by atoms with Gasteiger partial charge < -0.3 is 9.73 Å². The molecule has 28 heavy (non-hydrogen) atoms. The molecule has 1 atom stereocenters. The van der Waals surface area contributed by atoms with E-state index in [2.05, 4.69) is 10.3 Å². The summed E-state index contributed by atoms with van der Waals surface area (Å²) in [6, 6.07) is 10.8. The van der Waals surface area contributed by atoms with Crippen molar-refractivity contribution in [2.75, 3.05) is 0 Å². The molecule has 3 rings (SSSR count). The maximum atomic E-state index is 13.8. The maximum absolute atomic E-state index is 13.8. The third kappa shape index (κ3) is 4.75. The molecule has 1 N–H and O–H groups in total. The second-order valence-electron chi connectivity index (χ2n) is 6.29. The van der Waals surface area contributed by atoms with E-state index in [1.54, 1.807) is 12.1 Å². The van der Waals surface area contributed by atoms with Crippen molar-refractivity contribution in [3.63, 3.8) is 0 Å². The van der Waals surface area contributed by atoms with Gasteiger partial charge >= 0.3 is 0 Å². The van der Waals surface area contributed by atoms with E-state index in [-0.39, 0.29) is 42.0 Å². The average molecular weight is 405 g/mol. The largest absolute Gasteiger partial charge is 0.441 e. The van der Waals surface area contributed by atoms with Crippen molar-refractivity contribution in [2.45, 2.75) is 32.2 Å². The van der Waals surface area contributed by atoms with E-state index in [1.165, 1.54) is 12.3 Å². The van der Waals surface area contributed by atoms with Crippen molar-refractivity contribution < 1.29 is 18.0 Å². The van der Waals surface area contributed by atoms with Gasteiger partial charge in [-0.25, -0.2) is 13.8 Å². The van der Waals surface area contributed by atoms with E-state index in [9.17, 15) is 13.6 Å². The fraction of sp³-hybridized carbons (Fsp3) is 0.238. The molecular weight excluding hydrogens is 386 g/mol. The number of aromatic nitrogens is 1. The lowest BCUT2D eigenvalue weighted by atomic mass is 10.0. The van der Waals surface area contributed by atoms with Crippen LogP contribution in [0.2, 0.25) is 5.02 Å². The van der Waals surface area contributed by atoms with Crippen molar-refractivity contribution in [1.82, 2.24) is 10.3 Å². The Morgan fingerprint density at radius 1 is 1.18 bits per heavy atom. The number of hydrogen-bond acceptors (Lipinski definition) is 3. The van der Waals surface area contributed by atoms with Gasteiger partial charge in [0.2, 0.25) is 5.91 Å². The van der Waals surface area contributed by atoms with Crippen LogP contribution in [0.1, 0.15) is 37.3 Å². The highest BCUT2D eigenvalue weighted by Gasteiger charge is 2.17. The summed E-state index contributed by atoms with van der Waals surface area (Å²) in [6.45, 7) is 1.98. The number of hydrogen-bond donors (Lipinski definition) is 1. The van der Waals surface area contributed by atoms with Crippen LogP contribution in [0.4, 0.5) is 8.78 Å². The Kier molecular flexibility index (Phi) is 6.41. The minimum absolute atomic E-state index is 0.00129. The number of oxazole rings is 1. The van der Waals surface area contributed by atoms with E-state index in [1.807, 2.05) is 19.1 Å². The third-order valence-corrected chi connectivity index (χ3v) is 4.60. The Hall–Kier alpha value is -2.73. The molecule has 1 aromatic heterocycles. The van der Waals surface area contributed by atoms with Gasteiger partial charge in [-0.05, 0) is 36.2 Å². The Balaban J connectivity index is 1.60. The summed E-state index contributed by atoms with van der Waals surface area (Å²) in [4.78, 5) is 16.3. The van der Waals surface area contributed by atoms with Crippen LogP contribution in [-0.4, -0.2) is 10.9 Å². The van der Waals surface area contributed by atoms with Gasteiger partial charge in [-0.2, -0.15) is 0 Å². The predicted molar refractivity (Wildman–Crippen MR) is 103 cm³/mol. The van der Waals surface area contributed by atoms with E-state index < -0.39 is 11.6 Å². The zero-order valence-corrected chi connectivity index (χ0v) is 16.0. The fourth-order valence-electron chi connectivity index (χ4n) is 2.88. The lowest BCUT2D eigenvalue weighted by Gasteiger charge is -2.17. The van der Waals surface area contributed by atoms with Crippen molar-refractivity contribution >= 4 is 17.5 Å². The molecule has 0 aliphatic rings. The van der Waals surface area contributed by atoms with Crippen molar-refractivity contribution in [1.29, 1.82) is 0 Å². The Morgan fingerprint density at radius 2 is 1.86 bits per heavy atom. The van der Waals surface area contributed by atoms with Crippen LogP contribution < -0.4 is 5.32 Å². The molecule has 1 unspecified atom stereocenters. The minimum Gasteiger partial charge on any atom is -0.441 e. The van der Waals surface area contributed by atoms with Crippen molar-refractivity contribution in [2.24, 2.45) is 0 Å². The molecule has 1 heterocycles. The number of nitrogens with one attached hydrogen (secondary N) is 1. The second-order valence-corrected chi connectivity index (χ2v) is 6.73. The van der Waals surface area contributed by atoms with Gasteiger partial charge in [-0.15, -0.1) is 0 Å². The van der Waals surface area contributed by atoms with Gasteiger partial charge in [0.15, 0.2) is 11.7 Å². The smallest absolute Gasteiger partial charge is 0.220 e. The molecule has 0 saturated heterocycles. The van der Waals surface area contributed by atoms with E-state index in [4.69, 9.17) is 16.0 Å². The molecule has 1 amide bonds. The van der Waals surface area contributed by atoms with Crippen LogP contribution in [0, 0.1) is 11.6 Å². The normalized spacial score (nSPS) is 12.0. The monoisotopic (exact) mass is 404 g/mol. The van der Waals surface area contributed by atoms with E-state index >= 15 is 0 Å². The predicted octanol–water partition coefficient (Wildman–Crippen LogP) is 5.47. The summed E-state index contributed by atoms with van der Waals surface area (Å²) in [7, 11) is 0. The standard InChI is InChI=1S/C21H19ClF2N2O2/c1-2-17(13-6-8-14(22)9-7-13)26-19(27)10-11-20-25-12-18(28-20)21-15(23)4-3-5-16(21)24/h3-9,12,17H,2,10-11H2,1H3,(H,26,27). The molecule has 7 heteroatoms. The fourth-order valence-corrected chi connectivity index (χ4v) is 3.00. The molecule has 0 spiro atoms. The number of carbonyl (C=O) groups excluding carboxylic acids is 1. The molecule has 0 radical (unpaired) electrons. The number of nitrogens with zero attached hydrogens (tertiary/aromatic N) is 1. The lowest BCUT2D eigenvalue weighted by molar-refractivity contribution is -0.121. The van der Waals surface area contributed by atoms with Crippen LogP contribution in [0.15, 0.2) is 53.1 Å². The number of aryl methyl sites for hydroxylation is 1. The zero-order valence-electron chi connectivity index (χ0n) is 15.2. The van der Waals surface area contributed by atoms with Gasteiger partial charge in [-0.1, -0.05) is 36.7 Å². The van der Waals surface area contributed by atoms with Gasteiger partial charge in [0.1, 0.15) is 11.6 Å². The molecule has 0 aliphatic heterocycles. The SMILES string of the molecule is CCC(NC(=O)CCc1ncc(-c2c(F)cccc2F)o1)c1ccc(Cl)cc1. The number of halogens is 3. The second kappa shape index (κ2) is 8.97. The summed E-state index contributed by atoms with van der Waals surface area (Å²) in [6.07, 6.45) is 2.35. The molecule has 2 aromatic carbocycles. The number of benzene rings is 2. The van der Waals surface area contributed by atoms with Gasteiger partial charge in [0, 0.05) is 17.9 Å². The Bertz CT molecular complexity index is 937. The number of rotatable bonds is 7. The van der Waals surface area contributed by atoms with Crippen molar-refractivity contribution in [3.8, 4) is 11.3 Å². The topological polar surface area (TPSA) is 55.1 Å². The first-order chi connectivity index (χ1) is 13.5. The number of amides is 1. The zero-order chi connectivity index (χ0) is 20.1. The first-order valence-electron chi connectivity index (χ1n) is 8.91. The first kappa shape index (κ1) is 20.0. The first-order valence-corrected chi connectivity index (χ1v) is 9.29. The molecule has 4 nitrogen and oxygen atoms in total. The van der Waals surface area contributed by atoms with Gasteiger partial charge in [-0.3, -0.25) is 4.79 Å². The molecule has 0 aliphatic carbocycles.